The lowest BCUT2D eigenvalue weighted by molar-refractivity contribution is 0.668. The fourth-order valence-electron chi connectivity index (χ4n) is 19.1. The first kappa shape index (κ1) is 87.6. The topological polar surface area (TPSA) is 92.0 Å². The van der Waals surface area contributed by atoms with Crippen molar-refractivity contribution in [1.82, 2.24) is 0 Å². The highest BCUT2D eigenvalue weighted by Crippen LogP contribution is 2.44. The lowest BCUT2D eigenvalue weighted by atomic mass is 9.98. The normalized spacial score (nSPS) is 11.2. The molecule has 0 spiro atoms. The Morgan fingerprint density at radius 1 is 0.121 bits per heavy atom. The molecule has 672 valence electrons. The van der Waals surface area contributed by atoms with Gasteiger partial charge in [-0.25, -0.2) is 0 Å². The third kappa shape index (κ3) is 17.9. The summed E-state index contributed by atoms with van der Waals surface area (Å²) in [7, 11) is 0. The molecular formula is C133H98O7. The standard InChI is InChI=1S/7C19H14O/c1-13-6-4-7-14(12-13)15-9-5-10-17-16-8-2-3-11-18(16)20-19(15)17;1-13-7-2-3-8-14(13)16-10-6-11-17-15-9-4-5-12-18(15)20-19(16)17;1-13-9-11-14(12-10-13)15-6-4-7-17-16-5-2-3-8-18(16)20-19(15)17;1-13-9-11-14(12-10-13)15-6-4-8-18-19(15)16-5-2-3-7-17(16)20-18;1-13-6-8-14(9-7-13)15-10-11-19-17(12-15)16-4-2-3-5-18(16)20-19;1-13-6-8-14(9-7-13)15-10-11-17-16-4-2-3-5-18(16)20-19(17)12-15;1-13-7-9-16-17-10-8-15(14-5-3-2-4-6-14)12-19(17)20-18(16)11-13/h7*2-12H,1H3. The van der Waals surface area contributed by atoms with E-state index in [2.05, 4.69) is 425 Å². The first-order chi connectivity index (χ1) is 68.8. The molecule has 0 N–H and O–H groups in total. The number of hydrogen-bond acceptors (Lipinski definition) is 7. The first-order valence-electron chi connectivity index (χ1n) is 47.6. The molecule has 0 radical (unpaired) electrons. The predicted octanol–water partition coefficient (Wildman–Crippen LogP) is 38.9. The lowest BCUT2D eigenvalue weighted by Gasteiger charge is -2.06. The summed E-state index contributed by atoms with van der Waals surface area (Å²) in [6.07, 6.45) is 0. The quantitative estimate of drug-likeness (QED) is 0.157. The predicted molar refractivity (Wildman–Crippen MR) is 587 cm³/mol. The lowest BCUT2D eigenvalue weighted by Crippen LogP contribution is -1.82. The minimum atomic E-state index is 0.946. The van der Waals surface area contributed by atoms with E-state index < -0.39 is 0 Å². The van der Waals surface area contributed by atoms with Crippen molar-refractivity contribution in [1.29, 1.82) is 0 Å². The molecule has 0 saturated carbocycles. The summed E-state index contributed by atoms with van der Waals surface area (Å²) in [5.74, 6) is 0. The Bertz CT molecular complexity index is 9350. The number of furan rings is 7. The maximum absolute atomic E-state index is 6.09. The Morgan fingerprint density at radius 2 is 0.400 bits per heavy atom. The van der Waals surface area contributed by atoms with Gasteiger partial charge in [-0.1, -0.05) is 410 Å². The van der Waals surface area contributed by atoms with Gasteiger partial charge in [0.1, 0.15) is 78.2 Å². The number of para-hydroxylation sites is 9. The molecule has 21 aromatic carbocycles. The molecule has 0 amide bonds. The van der Waals surface area contributed by atoms with Crippen molar-refractivity contribution in [3.05, 3.63) is 506 Å². The molecule has 28 aromatic rings. The second-order valence-corrected chi connectivity index (χ2v) is 36.1. The molecule has 0 saturated heterocycles. The number of fused-ring (bicyclic) bond motifs is 21. The summed E-state index contributed by atoms with van der Waals surface area (Å²) in [6.45, 7) is 14.8. The van der Waals surface area contributed by atoms with Crippen LogP contribution in [0.4, 0.5) is 0 Å². The van der Waals surface area contributed by atoms with Crippen LogP contribution >= 0.6 is 0 Å². The third-order valence-corrected chi connectivity index (χ3v) is 26.4. The van der Waals surface area contributed by atoms with Crippen LogP contribution in [0.3, 0.4) is 0 Å². The van der Waals surface area contributed by atoms with E-state index >= 15 is 0 Å². The van der Waals surface area contributed by atoms with Gasteiger partial charge in [0.25, 0.3) is 0 Å². The van der Waals surface area contributed by atoms with Crippen molar-refractivity contribution in [3.63, 3.8) is 0 Å². The van der Waals surface area contributed by atoms with Crippen LogP contribution in [0.25, 0.3) is 231 Å². The van der Waals surface area contributed by atoms with Gasteiger partial charge in [-0.15, -0.1) is 0 Å². The highest BCUT2D eigenvalue weighted by Gasteiger charge is 2.19. The summed E-state index contributed by atoms with van der Waals surface area (Å²) in [5, 5.41) is 16.5. The van der Waals surface area contributed by atoms with Crippen molar-refractivity contribution >= 4 is 154 Å². The second kappa shape index (κ2) is 38.5. The van der Waals surface area contributed by atoms with Crippen LogP contribution in [-0.4, -0.2) is 0 Å². The summed E-state index contributed by atoms with van der Waals surface area (Å²) >= 11 is 0. The zero-order valence-electron chi connectivity index (χ0n) is 78.8. The van der Waals surface area contributed by atoms with Crippen LogP contribution in [-0.2, 0) is 0 Å². The van der Waals surface area contributed by atoms with Gasteiger partial charge in [-0.3, -0.25) is 0 Å². The summed E-state index contributed by atoms with van der Waals surface area (Å²) in [6, 6.07) is 162. The first-order valence-corrected chi connectivity index (χ1v) is 47.6. The molecular weight excluding hydrogens is 1710 g/mol. The molecule has 0 bridgehead atoms. The Hall–Kier alpha value is -17.8. The molecule has 0 atom stereocenters. The Morgan fingerprint density at radius 3 is 0.907 bits per heavy atom. The van der Waals surface area contributed by atoms with Crippen LogP contribution in [0, 0.1) is 48.5 Å². The zero-order chi connectivity index (χ0) is 94.7. The maximum atomic E-state index is 6.09. The fraction of sp³-hybridized carbons (Fsp3) is 0.0526. The van der Waals surface area contributed by atoms with Gasteiger partial charge in [0.05, 0.1) is 0 Å². The van der Waals surface area contributed by atoms with Crippen molar-refractivity contribution in [2.75, 3.05) is 0 Å². The van der Waals surface area contributed by atoms with E-state index in [0.29, 0.717) is 0 Å². The Kier molecular flexibility index (Phi) is 24.1. The number of hydrogen-bond donors (Lipinski definition) is 0. The largest absolute Gasteiger partial charge is 0.456 e. The average Bonchev–Trinajstić information content (AvgIpc) is 1.61. The van der Waals surface area contributed by atoms with E-state index in [-0.39, 0.29) is 0 Å². The van der Waals surface area contributed by atoms with Crippen molar-refractivity contribution in [2.45, 2.75) is 48.5 Å². The van der Waals surface area contributed by atoms with E-state index in [1.807, 2.05) is 91.0 Å². The highest BCUT2D eigenvalue weighted by atomic mass is 16.4. The number of aryl methyl sites for hydroxylation is 7. The van der Waals surface area contributed by atoms with E-state index in [4.69, 9.17) is 30.9 Å². The molecule has 28 rings (SSSR count). The van der Waals surface area contributed by atoms with Gasteiger partial charge < -0.3 is 30.9 Å². The molecule has 0 unspecified atom stereocenters. The van der Waals surface area contributed by atoms with E-state index in [0.717, 1.165) is 94.9 Å². The molecule has 7 heteroatoms. The fourth-order valence-corrected chi connectivity index (χ4v) is 19.1. The maximum Gasteiger partial charge on any atom is 0.143 e. The number of rotatable bonds is 7. The SMILES string of the molecule is Cc1ccc(-c2ccc3c(c2)oc2ccccc23)cc1.Cc1ccc(-c2ccc3oc4ccccc4c3c2)cc1.Cc1ccc(-c2cccc3c2oc2ccccc23)cc1.Cc1ccc(-c2cccc3oc4ccccc4c23)cc1.Cc1ccc2c(c1)oc1cc(-c3ccccc3)ccc12.Cc1cccc(-c2cccc3c2oc2ccccc23)c1.Cc1ccccc1-c1cccc2c1oc1ccccc12. The van der Waals surface area contributed by atoms with Gasteiger partial charge >= 0.3 is 0 Å². The zero-order valence-corrected chi connectivity index (χ0v) is 78.8. The van der Waals surface area contributed by atoms with E-state index in [1.54, 1.807) is 0 Å². The van der Waals surface area contributed by atoms with E-state index in [1.165, 1.54) is 176 Å². The van der Waals surface area contributed by atoms with Crippen LogP contribution < -0.4 is 0 Å². The van der Waals surface area contributed by atoms with Crippen LogP contribution in [0.2, 0.25) is 0 Å². The molecule has 7 nitrogen and oxygen atoms in total. The minimum Gasteiger partial charge on any atom is -0.456 e. The molecule has 140 heavy (non-hydrogen) atoms. The van der Waals surface area contributed by atoms with Gasteiger partial charge in [0.2, 0.25) is 0 Å². The summed E-state index contributed by atoms with van der Waals surface area (Å²) in [5.41, 5.74) is 39.0. The highest BCUT2D eigenvalue weighted by molar-refractivity contribution is 6.15. The average molecular weight is 1810 g/mol. The van der Waals surface area contributed by atoms with Crippen LogP contribution in [0.15, 0.2) is 498 Å². The molecule has 0 aliphatic carbocycles. The molecule has 7 heterocycles. The van der Waals surface area contributed by atoms with Crippen molar-refractivity contribution < 1.29 is 30.9 Å². The smallest absolute Gasteiger partial charge is 0.143 e. The second-order valence-electron chi connectivity index (χ2n) is 36.1. The van der Waals surface area contributed by atoms with Crippen LogP contribution in [0.1, 0.15) is 38.9 Å². The van der Waals surface area contributed by atoms with Gasteiger partial charge in [-0.2, -0.15) is 0 Å². The Balaban J connectivity index is 0.0000000939. The third-order valence-electron chi connectivity index (χ3n) is 26.4. The Labute approximate surface area is 811 Å². The monoisotopic (exact) mass is 1810 g/mol. The molecule has 0 aliphatic heterocycles. The minimum absolute atomic E-state index is 0.946. The number of benzene rings is 21. The van der Waals surface area contributed by atoms with Crippen molar-refractivity contribution in [3.8, 4) is 77.9 Å². The molecule has 0 aliphatic rings. The van der Waals surface area contributed by atoms with Crippen LogP contribution in [0.5, 0.6) is 0 Å². The summed E-state index contributed by atoms with van der Waals surface area (Å²) < 4.78 is 42.0. The molecule has 7 aromatic heterocycles. The van der Waals surface area contributed by atoms with E-state index in [9.17, 15) is 0 Å². The van der Waals surface area contributed by atoms with Gasteiger partial charge in [-0.05, 0) is 206 Å². The summed E-state index contributed by atoms with van der Waals surface area (Å²) in [4.78, 5) is 0. The van der Waals surface area contributed by atoms with Crippen molar-refractivity contribution in [2.24, 2.45) is 0 Å². The van der Waals surface area contributed by atoms with Gasteiger partial charge in [0, 0.05) is 92.1 Å². The van der Waals surface area contributed by atoms with Gasteiger partial charge in [0.15, 0.2) is 0 Å². The molecule has 0 fully saturated rings.